The molecule has 84 valence electrons. The molecule has 0 fully saturated rings. The van der Waals surface area contributed by atoms with Gasteiger partial charge in [-0.2, -0.15) is 0 Å². The van der Waals surface area contributed by atoms with Gasteiger partial charge in [0.15, 0.2) is 0 Å². The van der Waals surface area contributed by atoms with Gasteiger partial charge in [0.25, 0.3) is 0 Å². The molecule has 0 amide bonds. The van der Waals surface area contributed by atoms with Crippen LogP contribution in [-0.4, -0.2) is 20.3 Å². The van der Waals surface area contributed by atoms with Gasteiger partial charge in [-0.1, -0.05) is 13.0 Å². The van der Waals surface area contributed by atoms with Gasteiger partial charge in [0.05, 0.1) is 13.7 Å². The van der Waals surface area contributed by atoms with E-state index in [-0.39, 0.29) is 0 Å². The van der Waals surface area contributed by atoms with Gasteiger partial charge >= 0.3 is 0 Å². The molecule has 15 heavy (non-hydrogen) atoms. The Morgan fingerprint density at radius 1 is 1.33 bits per heavy atom. The van der Waals surface area contributed by atoms with Crippen LogP contribution < -0.4 is 15.2 Å². The Bertz CT molecular complexity index is 285. The largest absolute Gasteiger partial charge is 0.497 e. The molecule has 1 unspecified atom stereocenters. The Labute approximate surface area is 91.2 Å². The van der Waals surface area contributed by atoms with Gasteiger partial charge in [-0.25, -0.2) is 0 Å². The van der Waals surface area contributed by atoms with Crippen molar-refractivity contribution in [2.45, 2.75) is 13.3 Å². The molecule has 0 aromatic heterocycles. The molecule has 3 nitrogen and oxygen atoms in total. The topological polar surface area (TPSA) is 44.5 Å². The molecule has 0 spiro atoms. The SMILES string of the molecule is CCC(CN)COc1cccc(OC)c1. The van der Waals surface area contributed by atoms with Crippen molar-refractivity contribution in [1.82, 2.24) is 0 Å². The van der Waals surface area contributed by atoms with Gasteiger partial charge in [-0.3, -0.25) is 0 Å². The zero-order chi connectivity index (χ0) is 11.1. The summed E-state index contributed by atoms with van der Waals surface area (Å²) >= 11 is 0. The lowest BCUT2D eigenvalue weighted by Gasteiger charge is -2.13. The summed E-state index contributed by atoms with van der Waals surface area (Å²) in [5.41, 5.74) is 5.60. The van der Waals surface area contributed by atoms with Crippen LogP contribution >= 0.6 is 0 Å². The molecule has 1 rings (SSSR count). The van der Waals surface area contributed by atoms with Gasteiger partial charge < -0.3 is 15.2 Å². The lowest BCUT2D eigenvalue weighted by Crippen LogP contribution is -2.20. The minimum absolute atomic E-state index is 0.427. The number of ether oxygens (including phenoxy) is 2. The first-order valence-corrected chi connectivity index (χ1v) is 5.27. The number of hydrogen-bond donors (Lipinski definition) is 1. The number of benzene rings is 1. The summed E-state index contributed by atoms with van der Waals surface area (Å²) in [6, 6.07) is 7.61. The highest BCUT2D eigenvalue weighted by Gasteiger charge is 2.04. The van der Waals surface area contributed by atoms with Crippen LogP contribution in [-0.2, 0) is 0 Å². The van der Waals surface area contributed by atoms with E-state index < -0.39 is 0 Å². The Morgan fingerprint density at radius 2 is 2.07 bits per heavy atom. The van der Waals surface area contributed by atoms with Crippen molar-refractivity contribution in [1.29, 1.82) is 0 Å². The average molecular weight is 209 g/mol. The molecule has 1 atom stereocenters. The summed E-state index contributed by atoms with van der Waals surface area (Å²) < 4.78 is 10.7. The van der Waals surface area contributed by atoms with Crippen molar-refractivity contribution < 1.29 is 9.47 Å². The monoisotopic (exact) mass is 209 g/mol. The second-order valence-corrected chi connectivity index (χ2v) is 3.50. The Kier molecular flexibility index (Phi) is 4.98. The van der Waals surface area contributed by atoms with E-state index in [9.17, 15) is 0 Å². The van der Waals surface area contributed by atoms with Crippen LogP contribution in [0.15, 0.2) is 24.3 Å². The Morgan fingerprint density at radius 3 is 2.67 bits per heavy atom. The van der Waals surface area contributed by atoms with Crippen LogP contribution in [0.5, 0.6) is 11.5 Å². The fraction of sp³-hybridized carbons (Fsp3) is 0.500. The molecule has 2 N–H and O–H groups in total. The summed E-state index contributed by atoms with van der Waals surface area (Å²) in [6.45, 7) is 3.45. The van der Waals surface area contributed by atoms with Gasteiger partial charge in [-0.15, -0.1) is 0 Å². The van der Waals surface area contributed by atoms with Crippen molar-refractivity contribution in [3.05, 3.63) is 24.3 Å². The third kappa shape index (κ3) is 3.80. The van der Waals surface area contributed by atoms with E-state index in [4.69, 9.17) is 15.2 Å². The van der Waals surface area contributed by atoms with E-state index in [1.54, 1.807) is 7.11 Å². The van der Waals surface area contributed by atoms with Gasteiger partial charge in [0, 0.05) is 12.0 Å². The summed E-state index contributed by atoms with van der Waals surface area (Å²) in [5.74, 6) is 2.07. The summed E-state index contributed by atoms with van der Waals surface area (Å²) in [4.78, 5) is 0. The summed E-state index contributed by atoms with van der Waals surface area (Å²) in [6.07, 6.45) is 1.04. The fourth-order valence-electron chi connectivity index (χ4n) is 1.26. The van der Waals surface area contributed by atoms with Crippen molar-refractivity contribution in [3.63, 3.8) is 0 Å². The minimum Gasteiger partial charge on any atom is -0.497 e. The molecule has 0 aliphatic carbocycles. The highest BCUT2D eigenvalue weighted by atomic mass is 16.5. The summed E-state index contributed by atoms with van der Waals surface area (Å²) in [7, 11) is 1.65. The Balaban J connectivity index is 2.49. The molecular weight excluding hydrogens is 190 g/mol. The zero-order valence-corrected chi connectivity index (χ0v) is 9.40. The van der Waals surface area contributed by atoms with Crippen LogP contribution in [0.25, 0.3) is 0 Å². The standard InChI is InChI=1S/C12H19NO2/c1-3-10(8-13)9-15-12-6-4-5-11(7-12)14-2/h4-7,10H,3,8-9,13H2,1-2H3. The van der Waals surface area contributed by atoms with Crippen molar-refractivity contribution >= 4 is 0 Å². The average Bonchev–Trinajstić information content (AvgIpc) is 2.31. The maximum atomic E-state index is 5.63. The second-order valence-electron chi connectivity index (χ2n) is 3.50. The molecule has 1 aromatic carbocycles. The molecule has 1 aromatic rings. The number of methoxy groups -OCH3 is 1. The third-order valence-electron chi connectivity index (χ3n) is 2.44. The molecule has 0 bridgehead atoms. The first-order chi connectivity index (χ1) is 7.30. The molecule has 0 radical (unpaired) electrons. The quantitative estimate of drug-likeness (QED) is 0.780. The first kappa shape index (κ1) is 11.9. The van der Waals surface area contributed by atoms with Gasteiger partial charge in [0.1, 0.15) is 11.5 Å². The third-order valence-corrected chi connectivity index (χ3v) is 2.44. The molecular formula is C12H19NO2. The predicted molar refractivity (Wildman–Crippen MR) is 61.3 cm³/mol. The van der Waals surface area contributed by atoms with Crippen molar-refractivity contribution in [3.8, 4) is 11.5 Å². The fourth-order valence-corrected chi connectivity index (χ4v) is 1.26. The lowest BCUT2D eigenvalue weighted by atomic mass is 10.1. The van der Waals surface area contributed by atoms with E-state index in [2.05, 4.69) is 6.92 Å². The van der Waals surface area contributed by atoms with Crippen LogP contribution in [0.2, 0.25) is 0 Å². The summed E-state index contributed by atoms with van der Waals surface area (Å²) in [5, 5.41) is 0. The maximum Gasteiger partial charge on any atom is 0.122 e. The van der Waals surface area contributed by atoms with Gasteiger partial charge in [0.2, 0.25) is 0 Å². The zero-order valence-electron chi connectivity index (χ0n) is 9.40. The number of hydrogen-bond acceptors (Lipinski definition) is 3. The first-order valence-electron chi connectivity index (χ1n) is 5.27. The smallest absolute Gasteiger partial charge is 0.122 e. The van der Waals surface area contributed by atoms with Crippen LogP contribution in [0.3, 0.4) is 0 Å². The minimum atomic E-state index is 0.427. The number of rotatable bonds is 6. The lowest BCUT2D eigenvalue weighted by molar-refractivity contribution is 0.248. The van der Waals surface area contributed by atoms with E-state index >= 15 is 0 Å². The molecule has 0 aliphatic heterocycles. The normalized spacial score (nSPS) is 12.2. The molecule has 0 saturated carbocycles. The maximum absolute atomic E-state index is 5.63. The van der Waals surface area contributed by atoms with E-state index in [1.807, 2.05) is 24.3 Å². The van der Waals surface area contributed by atoms with Crippen LogP contribution in [0.1, 0.15) is 13.3 Å². The van der Waals surface area contributed by atoms with Crippen molar-refractivity contribution in [2.24, 2.45) is 11.7 Å². The van der Waals surface area contributed by atoms with E-state index in [1.165, 1.54) is 0 Å². The highest BCUT2D eigenvalue weighted by molar-refractivity contribution is 5.32. The van der Waals surface area contributed by atoms with Crippen LogP contribution in [0, 0.1) is 5.92 Å². The molecule has 3 heteroatoms. The van der Waals surface area contributed by atoms with E-state index in [0.717, 1.165) is 17.9 Å². The van der Waals surface area contributed by atoms with Crippen LogP contribution in [0.4, 0.5) is 0 Å². The predicted octanol–water partition coefficient (Wildman–Crippen LogP) is 2.06. The molecule has 0 saturated heterocycles. The second kappa shape index (κ2) is 6.30. The molecule has 0 aliphatic rings. The van der Waals surface area contributed by atoms with E-state index in [0.29, 0.717) is 19.1 Å². The van der Waals surface area contributed by atoms with Gasteiger partial charge in [-0.05, 0) is 25.1 Å². The highest BCUT2D eigenvalue weighted by Crippen LogP contribution is 2.19. The van der Waals surface area contributed by atoms with Crippen molar-refractivity contribution in [2.75, 3.05) is 20.3 Å². The molecule has 0 heterocycles. The Hall–Kier alpha value is -1.22. The number of nitrogens with two attached hydrogens (primary N) is 1.